The van der Waals surface area contributed by atoms with Crippen LogP contribution in [-0.2, 0) is 20.1 Å². The third kappa shape index (κ3) is 3.35. The molecule has 0 N–H and O–H groups in total. The minimum Gasteiger partial charge on any atom is -0.497 e. The summed E-state index contributed by atoms with van der Waals surface area (Å²) in [4.78, 5) is 2.28. The monoisotopic (exact) mass is 259 g/mol. The molecule has 0 amide bonds. The van der Waals surface area contributed by atoms with Gasteiger partial charge in [-0.1, -0.05) is 12.1 Å². The van der Waals surface area contributed by atoms with E-state index in [1.807, 2.05) is 30.1 Å². The summed E-state index contributed by atoms with van der Waals surface area (Å²) in [5.74, 6) is 0.906. The zero-order valence-electron chi connectivity index (χ0n) is 12.1. The third-order valence-electron chi connectivity index (χ3n) is 3.36. The van der Waals surface area contributed by atoms with E-state index in [9.17, 15) is 0 Å². The van der Waals surface area contributed by atoms with Crippen molar-refractivity contribution in [2.45, 2.75) is 20.0 Å². The Morgan fingerprint density at radius 1 is 1.32 bits per heavy atom. The Bertz CT molecular complexity index is 548. The summed E-state index contributed by atoms with van der Waals surface area (Å²) in [6, 6.07) is 8.19. The van der Waals surface area contributed by atoms with Crippen molar-refractivity contribution >= 4 is 0 Å². The Hall–Kier alpha value is -1.81. The van der Waals surface area contributed by atoms with Gasteiger partial charge in [0.25, 0.3) is 0 Å². The summed E-state index contributed by atoms with van der Waals surface area (Å²) in [5, 5.41) is 4.27. The molecule has 0 radical (unpaired) electrons. The van der Waals surface area contributed by atoms with E-state index >= 15 is 0 Å². The van der Waals surface area contributed by atoms with Gasteiger partial charge in [0.1, 0.15) is 5.75 Å². The van der Waals surface area contributed by atoms with Crippen LogP contribution in [0.1, 0.15) is 16.8 Å². The predicted molar refractivity (Wildman–Crippen MR) is 76.1 cm³/mol. The van der Waals surface area contributed by atoms with Crippen molar-refractivity contribution < 1.29 is 4.74 Å². The van der Waals surface area contributed by atoms with E-state index in [-0.39, 0.29) is 0 Å². The molecule has 1 heterocycles. The summed E-state index contributed by atoms with van der Waals surface area (Å²) in [6.45, 7) is 3.89. The Labute approximate surface area is 114 Å². The number of benzene rings is 1. The molecular weight excluding hydrogens is 238 g/mol. The van der Waals surface area contributed by atoms with E-state index in [0.29, 0.717) is 0 Å². The van der Waals surface area contributed by atoms with Crippen LogP contribution in [0.3, 0.4) is 0 Å². The van der Waals surface area contributed by atoms with Crippen LogP contribution in [0.15, 0.2) is 30.5 Å². The quantitative estimate of drug-likeness (QED) is 0.826. The van der Waals surface area contributed by atoms with Gasteiger partial charge in [-0.2, -0.15) is 5.10 Å². The fourth-order valence-electron chi connectivity index (χ4n) is 2.13. The lowest BCUT2D eigenvalue weighted by Gasteiger charge is -2.17. The number of aryl methyl sites for hydroxylation is 1. The molecule has 4 heteroatoms. The molecule has 0 aliphatic rings. The van der Waals surface area contributed by atoms with Crippen molar-refractivity contribution in [3.63, 3.8) is 0 Å². The molecule has 102 valence electrons. The highest BCUT2D eigenvalue weighted by molar-refractivity contribution is 5.28. The molecule has 1 aromatic carbocycles. The first-order valence-corrected chi connectivity index (χ1v) is 6.39. The van der Waals surface area contributed by atoms with E-state index in [0.717, 1.165) is 18.8 Å². The summed E-state index contributed by atoms with van der Waals surface area (Å²) >= 11 is 0. The van der Waals surface area contributed by atoms with Gasteiger partial charge < -0.3 is 4.74 Å². The van der Waals surface area contributed by atoms with Gasteiger partial charge in [-0.3, -0.25) is 9.58 Å². The molecule has 0 spiro atoms. The largest absolute Gasteiger partial charge is 0.497 e. The number of methoxy groups -OCH3 is 1. The lowest BCUT2D eigenvalue weighted by molar-refractivity contribution is 0.317. The van der Waals surface area contributed by atoms with Crippen LogP contribution in [0.25, 0.3) is 0 Å². The van der Waals surface area contributed by atoms with Crippen molar-refractivity contribution in [2.24, 2.45) is 7.05 Å². The zero-order valence-corrected chi connectivity index (χ0v) is 12.1. The molecule has 0 bridgehead atoms. The highest BCUT2D eigenvalue weighted by Gasteiger charge is 2.07. The van der Waals surface area contributed by atoms with Gasteiger partial charge in [-0.15, -0.1) is 0 Å². The lowest BCUT2D eigenvalue weighted by Crippen LogP contribution is -2.17. The second-order valence-electron chi connectivity index (χ2n) is 4.90. The maximum atomic E-state index is 5.25. The molecule has 0 saturated heterocycles. The van der Waals surface area contributed by atoms with Crippen molar-refractivity contribution in [1.29, 1.82) is 0 Å². The molecule has 2 aromatic rings. The first-order chi connectivity index (χ1) is 9.10. The Morgan fingerprint density at radius 3 is 2.74 bits per heavy atom. The maximum Gasteiger partial charge on any atom is 0.119 e. The topological polar surface area (TPSA) is 30.3 Å². The number of nitrogens with zero attached hydrogens (tertiary/aromatic N) is 3. The minimum atomic E-state index is 0.894. The van der Waals surface area contributed by atoms with Gasteiger partial charge in [0, 0.05) is 31.4 Å². The second kappa shape index (κ2) is 5.89. The minimum absolute atomic E-state index is 0.894. The number of hydrogen-bond donors (Lipinski definition) is 0. The summed E-state index contributed by atoms with van der Waals surface area (Å²) in [7, 11) is 5.79. The molecule has 0 unspecified atom stereocenters. The molecule has 0 aliphatic carbocycles. The highest BCUT2D eigenvalue weighted by Crippen LogP contribution is 2.15. The van der Waals surface area contributed by atoms with Crippen molar-refractivity contribution in [3.05, 3.63) is 47.3 Å². The van der Waals surface area contributed by atoms with Crippen LogP contribution in [0.4, 0.5) is 0 Å². The molecule has 4 nitrogen and oxygen atoms in total. The fourth-order valence-corrected chi connectivity index (χ4v) is 2.13. The van der Waals surface area contributed by atoms with E-state index in [1.165, 1.54) is 16.8 Å². The molecule has 0 saturated carbocycles. The molecule has 0 atom stereocenters. The van der Waals surface area contributed by atoms with Crippen molar-refractivity contribution in [2.75, 3.05) is 14.2 Å². The molecule has 2 rings (SSSR count). The number of rotatable bonds is 5. The molecular formula is C15H21N3O. The maximum absolute atomic E-state index is 5.25. The van der Waals surface area contributed by atoms with Crippen LogP contribution in [-0.4, -0.2) is 28.8 Å². The average molecular weight is 259 g/mol. The van der Waals surface area contributed by atoms with Crippen LogP contribution in [0.2, 0.25) is 0 Å². The number of aromatic nitrogens is 2. The number of hydrogen-bond acceptors (Lipinski definition) is 3. The Balaban J connectivity index is 2.01. The van der Waals surface area contributed by atoms with Gasteiger partial charge in [0.15, 0.2) is 0 Å². The van der Waals surface area contributed by atoms with Gasteiger partial charge in [-0.25, -0.2) is 0 Å². The highest BCUT2D eigenvalue weighted by atomic mass is 16.5. The van der Waals surface area contributed by atoms with Crippen LogP contribution >= 0.6 is 0 Å². The standard InChI is InChI=1S/C15H21N3O/c1-12-14(9-16-18(12)3)11-17(2)10-13-6-5-7-15(8-13)19-4/h5-9H,10-11H2,1-4H3. The average Bonchev–Trinajstić information content (AvgIpc) is 2.71. The summed E-state index contributed by atoms with van der Waals surface area (Å²) in [5.41, 5.74) is 3.74. The van der Waals surface area contributed by atoms with E-state index in [2.05, 4.69) is 36.1 Å². The third-order valence-corrected chi connectivity index (χ3v) is 3.36. The molecule has 1 aromatic heterocycles. The SMILES string of the molecule is COc1cccc(CN(C)Cc2cnn(C)c2C)c1. The fraction of sp³-hybridized carbons (Fsp3) is 0.400. The molecule has 19 heavy (non-hydrogen) atoms. The van der Waals surface area contributed by atoms with E-state index in [4.69, 9.17) is 4.74 Å². The van der Waals surface area contributed by atoms with Gasteiger partial charge >= 0.3 is 0 Å². The zero-order chi connectivity index (χ0) is 13.8. The van der Waals surface area contributed by atoms with Gasteiger partial charge in [-0.05, 0) is 31.7 Å². The molecule has 0 aliphatic heterocycles. The second-order valence-corrected chi connectivity index (χ2v) is 4.90. The van der Waals surface area contributed by atoms with E-state index in [1.54, 1.807) is 7.11 Å². The first kappa shape index (κ1) is 13.6. The van der Waals surface area contributed by atoms with Gasteiger partial charge in [0.05, 0.1) is 13.3 Å². The van der Waals surface area contributed by atoms with Crippen LogP contribution < -0.4 is 4.74 Å². The molecule has 0 fully saturated rings. The van der Waals surface area contributed by atoms with E-state index < -0.39 is 0 Å². The van der Waals surface area contributed by atoms with Crippen molar-refractivity contribution in [1.82, 2.24) is 14.7 Å². The Kier molecular flexibility index (Phi) is 4.22. The van der Waals surface area contributed by atoms with Crippen LogP contribution in [0.5, 0.6) is 5.75 Å². The lowest BCUT2D eigenvalue weighted by atomic mass is 10.2. The Morgan fingerprint density at radius 2 is 2.11 bits per heavy atom. The normalized spacial score (nSPS) is 11.0. The first-order valence-electron chi connectivity index (χ1n) is 6.39. The predicted octanol–water partition coefficient (Wildman–Crippen LogP) is 2.37. The van der Waals surface area contributed by atoms with Crippen LogP contribution in [0, 0.1) is 6.92 Å². The van der Waals surface area contributed by atoms with Crippen molar-refractivity contribution in [3.8, 4) is 5.75 Å². The smallest absolute Gasteiger partial charge is 0.119 e. The summed E-state index contributed by atoms with van der Waals surface area (Å²) < 4.78 is 7.16. The summed E-state index contributed by atoms with van der Waals surface area (Å²) in [6.07, 6.45) is 1.94. The van der Waals surface area contributed by atoms with Gasteiger partial charge in [0.2, 0.25) is 0 Å². The number of ether oxygens (including phenoxy) is 1.